The Morgan fingerprint density at radius 3 is 1.58 bits per heavy atom. The van der Waals surface area contributed by atoms with Gasteiger partial charge in [0, 0.05) is 12.6 Å². The smallest absolute Gasteiger partial charge is 0.0175 e. The zero-order valence-corrected chi connectivity index (χ0v) is 8.13. The van der Waals surface area contributed by atoms with Gasteiger partial charge in [-0.3, -0.25) is 0 Å². The first-order valence-electron chi connectivity index (χ1n) is 4.08. The fraction of sp³-hybridized carbons (Fsp3) is 0.750. The Morgan fingerprint density at radius 2 is 1.50 bits per heavy atom. The van der Waals surface area contributed by atoms with Crippen molar-refractivity contribution >= 4 is 0 Å². The summed E-state index contributed by atoms with van der Waals surface area (Å²) in [6, 6.07) is 0.102. The van der Waals surface area contributed by atoms with Gasteiger partial charge in [-0.15, -0.1) is 13.2 Å². The Kier molecular flexibility index (Phi) is 32.9. The fourth-order valence-electron chi connectivity index (χ4n) is 0.332. The van der Waals surface area contributed by atoms with Gasteiger partial charge in [-0.1, -0.05) is 6.92 Å². The van der Waals surface area contributed by atoms with Crippen LogP contribution in [0.2, 0.25) is 0 Å². The first-order chi connectivity index (χ1) is 5.72. The molecule has 0 aliphatic rings. The zero-order chi connectivity index (χ0) is 10.4. The van der Waals surface area contributed by atoms with Gasteiger partial charge in [0.05, 0.1) is 0 Å². The lowest BCUT2D eigenvalue weighted by atomic mass is 10.2. The van der Waals surface area contributed by atoms with Crippen molar-refractivity contribution in [2.24, 2.45) is 22.9 Å². The first kappa shape index (κ1) is 17.6. The van der Waals surface area contributed by atoms with Crippen molar-refractivity contribution in [3.8, 4) is 0 Å². The Morgan fingerprint density at radius 1 is 1.17 bits per heavy atom. The molecule has 0 saturated carbocycles. The Hall–Kier alpha value is -0.420. The molecule has 1 atom stereocenters. The maximum atomic E-state index is 5.38. The third kappa shape index (κ3) is 33.6. The Bertz CT molecular complexity index is 59.0. The van der Waals surface area contributed by atoms with Crippen molar-refractivity contribution in [2.75, 3.05) is 19.6 Å². The number of hydrogen-bond acceptors (Lipinski definition) is 4. The van der Waals surface area contributed by atoms with Crippen molar-refractivity contribution in [3.05, 3.63) is 13.2 Å². The minimum Gasteiger partial charge on any atom is -0.331 e. The van der Waals surface area contributed by atoms with Crippen molar-refractivity contribution in [3.63, 3.8) is 0 Å². The molecule has 12 heavy (non-hydrogen) atoms. The average molecular weight is 176 g/mol. The van der Waals surface area contributed by atoms with Crippen molar-refractivity contribution in [2.45, 2.75) is 19.4 Å². The van der Waals surface area contributed by atoms with Crippen LogP contribution in [0.5, 0.6) is 0 Å². The largest absolute Gasteiger partial charge is 0.331 e. The summed E-state index contributed by atoms with van der Waals surface area (Å²) in [5.41, 5.74) is 20.6. The molecule has 0 radical (unpaired) electrons. The minimum absolute atomic E-state index is 0.102. The van der Waals surface area contributed by atoms with E-state index in [1.165, 1.54) is 0 Å². The molecular formula is C8H24N4. The normalized spacial score (nSPS) is 10.1. The average Bonchev–Trinajstić information content (AvgIpc) is 2.10. The molecule has 4 heteroatoms. The predicted octanol–water partition coefficient (Wildman–Crippen LogP) is -0.612. The number of rotatable bonds is 3. The van der Waals surface area contributed by atoms with E-state index in [0.29, 0.717) is 13.1 Å². The summed E-state index contributed by atoms with van der Waals surface area (Å²) in [6.07, 6.45) is 0.830. The van der Waals surface area contributed by atoms with Gasteiger partial charge in [0.15, 0.2) is 0 Å². The number of nitrogens with two attached hydrogens (primary N) is 4. The molecular weight excluding hydrogens is 152 g/mol. The van der Waals surface area contributed by atoms with Gasteiger partial charge in [0.2, 0.25) is 0 Å². The van der Waals surface area contributed by atoms with E-state index in [9.17, 15) is 0 Å². The van der Waals surface area contributed by atoms with E-state index in [-0.39, 0.29) is 6.04 Å². The molecule has 1 unspecified atom stereocenters. The van der Waals surface area contributed by atoms with Crippen LogP contribution < -0.4 is 22.9 Å². The molecule has 0 spiro atoms. The SMILES string of the molecule is C=C.CCN.NCCC(N)CN. The Labute approximate surface area is 76.0 Å². The summed E-state index contributed by atoms with van der Waals surface area (Å²) < 4.78 is 0. The van der Waals surface area contributed by atoms with Gasteiger partial charge in [0.1, 0.15) is 0 Å². The van der Waals surface area contributed by atoms with Crippen molar-refractivity contribution in [1.82, 2.24) is 0 Å². The highest BCUT2D eigenvalue weighted by molar-refractivity contribution is 4.60. The fourth-order valence-corrected chi connectivity index (χ4v) is 0.332. The second-order valence-corrected chi connectivity index (χ2v) is 1.98. The van der Waals surface area contributed by atoms with Gasteiger partial charge in [-0.05, 0) is 19.5 Å². The summed E-state index contributed by atoms with van der Waals surface area (Å²) in [6.45, 7) is 9.83. The first-order valence-corrected chi connectivity index (χ1v) is 4.08. The summed E-state index contributed by atoms with van der Waals surface area (Å²) in [4.78, 5) is 0. The maximum absolute atomic E-state index is 5.38. The molecule has 0 rings (SSSR count). The molecule has 0 aliphatic heterocycles. The monoisotopic (exact) mass is 176 g/mol. The van der Waals surface area contributed by atoms with E-state index in [4.69, 9.17) is 22.9 Å². The molecule has 8 N–H and O–H groups in total. The zero-order valence-electron chi connectivity index (χ0n) is 8.13. The maximum Gasteiger partial charge on any atom is 0.0175 e. The van der Waals surface area contributed by atoms with Crippen LogP contribution in [0.3, 0.4) is 0 Å². The molecule has 0 aromatic carbocycles. The molecule has 0 saturated heterocycles. The third-order valence-corrected chi connectivity index (χ3v) is 0.840. The van der Waals surface area contributed by atoms with Crippen LogP contribution in [-0.4, -0.2) is 25.7 Å². The van der Waals surface area contributed by atoms with E-state index in [0.717, 1.165) is 13.0 Å². The lowest BCUT2D eigenvalue weighted by Gasteiger charge is -2.03. The van der Waals surface area contributed by atoms with E-state index in [1.807, 2.05) is 6.92 Å². The summed E-state index contributed by atoms with van der Waals surface area (Å²) in [5, 5.41) is 0. The van der Waals surface area contributed by atoms with Crippen LogP contribution in [0.1, 0.15) is 13.3 Å². The van der Waals surface area contributed by atoms with Gasteiger partial charge in [-0.25, -0.2) is 0 Å². The van der Waals surface area contributed by atoms with Crippen molar-refractivity contribution < 1.29 is 0 Å². The summed E-state index contributed by atoms with van der Waals surface area (Å²) >= 11 is 0. The van der Waals surface area contributed by atoms with E-state index < -0.39 is 0 Å². The molecule has 0 aliphatic carbocycles. The van der Waals surface area contributed by atoms with Crippen LogP contribution in [0, 0.1) is 0 Å². The second kappa shape index (κ2) is 22.4. The van der Waals surface area contributed by atoms with Crippen LogP contribution in [0.25, 0.3) is 0 Å². The van der Waals surface area contributed by atoms with Gasteiger partial charge in [0.25, 0.3) is 0 Å². The predicted molar refractivity (Wildman–Crippen MR) is 56.7 cm³/mol. The Balaban J connectivity index is -0.000000137. The molecule has 76 valence electrons. The highest BCUT2D eigenvalue weighted by Crippen LogP contribution is 1.77. The highest BCUT2D eigenvalue weighted by atomic mass is 14.7. The number of hydrogen-bond donors (Lipinski definition) is 4. The topological polar surface area (TPSA) is 104 Å². The standard InChI is InChI=1S/C4H13N3.C2H7N.C2H4/c5-2-1-4(7)3-6;1-2-3;1-2/h4H,1-3,5-7H2;2-3H2,1H3;1-2H2. The lowest BCUT2D eigenvalue weighted by Crippen LogP contribution is -2.31. The highest BCUT2D eigenvalue weighted by Gasteiger charge is 1.93. The summed E-state index contributed by atoms with van der Waals surface area (Å²) in [5.74, 6) is 0. The van der Waals surface area contributed by atoms with E-state index in [2.05, 4.69) is 13.2 Å². The van der Waals surface area contributed by atoms with Crippen LogP contribution in [0.4, 0.5) is 0 Å². The molecule has 0 heterocycles. The lowest BCUT2D eigenvalue weighted by molar-refractivity contribution is 0.631. The molecule has 0 amide bonds. The molecule has 0 bridgehead atoms. The summed E-state index contributed by atoms with van der Waals surface area (Å²) in [7, 11) is 0. The molecule has 0 aromatic heterocycles. The van der Waals surface area contributed by atoms with Crippen molar-refractivity contribution in [1.29, 1.82) is 0 Å². The van der Waals surface area contributed by atoms with Crippen LogP contribution in [0.15, 0.2) is 13.2 Å². The molecule has 4 nitrogen and oxygen atoms in total. The minimum atomic E-state index is 0.102. The third-order valence-electron chi connectivity index (χ3n) is 0.840. The van der Waals surface area contributed by atoms with Crippen LogP contribution in [-0.2, 0) is 0 Å². The second-order valence-electron chi connectivity index (χ2n) is 1.98. The van der Waals surface area contributed by atoms with E-state index >= 15 is 0 Å². The van der Waals surface area contributed by atoms with E-state index in [1.54, 1.807) is 0 Å². The van der Waals surface area contributed by atoms with Crippen LogP contribution >= 0.6 is 0 Å². The molecule has 0 fully saturated rings. The quantitative estimate of drug-likeness (QED) is 0.430. The van der Waals surface area contributed by atoms with Gasteiger partial charge in [-0.2, -0.15) is 0 Å². The van der Waals surface area contributed by atoms with Gasteiger partial charge < -0.3 is 22.9 Å². The molecule has 0 aromatic rings. The van der Waals surface area contributed by atoms with Gasteiger partial charge >= 0.3 is 0 Å².